The zero-order valence-electron chi connectivity index (χ0n) is 9.68. The molecule has 0 bridgehead atoms. The van der Waals surface area contributed by atoms with Crippen molar-refractivity contribution in [2.75, 3.05) is 13.7 Å². The average molecular weight is 233 g/mol. The van der Waals surface area contributed by atoms with E-state index in [2.05, 4.69) is 0 Å². The second kappa shape index (κ2) is 5.12. The molecule has 1 aromatic heterocycles. The predicted molar refractivity (Wildman–Crippen MR) is 65.0 cm³/mol. The first-order valence-corrected chi connectivity index (χ1v) is 5.47. The van der Waals surface area contributed by atoms with Gasteiger partial charge in [-0.1, -0.05) is 18.2 Å². The molecule has 0 aliphatic carbocycles. The molecular weight excluding hydrogens is 218 g/mol. The standard InChI is InChI=1S/C13H15NO3/c1-16-8-10(14)7-11(15)13-6-9-4-2-3-5-12(9)17-13/h2-6,10H,7-8,14H2,1H3. The Morgan fingerprint density at radius 1 is 1.47 bits per heavy atom. The van der Waals surface area contributed by atoms with Crippen molar-refractivity contribution in [1.82, 2.24) is 0 Å². The van der Waals surface area contributed by atoms with Gasteiger partial charge in [0.1, 0.15) is 5.58 Å². The van der Waals surface area contributed by atoms with Crippen LogP contribution in [0.5, 0.6) is 0 Å². The van der Waals surface area contributed by atoms with E-state index in [0.717, 1.165) is 11.0 Å². The van der Waals surface area contributed by atoms with E-state index in [9.17, 15) is 4.79 Å². The molecule has 0 aliphatic heterocycles. The summed E-state index contributed by atoms with van der Waals surface area (Å²) < 4.78 is 10.4. The van der Waals surface area contributed by atoms with Gasteiger partial charge < -0.3 is 14.9 Å². The van der Waals surface area contributed by atoms with Crippen LogP contribution in [0.25, 0.3) is 11.0 Å². The third kappa shape index (κ3) is 2.72. The van der Waals surface area contributed by atoms with E-state index in [1.807, 2.05) is 24.3 Å². The highest BCUT2D eigenvalue weighted by Crippen LogP contribution is 2.20. The second-order valence-electron chi connectivity index (χ2n) is 3.99. The molecular formula is C13H15NO3. The van der Waals surface area contributed by atoms with Crippen LogP contribution in [-0.2, 0) is 4.74 Å². The van der Waals surface area contributed by atoms with Crippen molar-refractivity contribution >= 4 is 16.8 Å². The maximum atomic E-state index is 11.9. The van der Waals surface area contributed by atoms with Crippen molar-refractivity contribution in [2.45, 2.75) is 12.5 Å². The summed E-state index contributed by atoms with van der Waals surface area (Å²) >= 11 is 0. The number of rotatable bonds is 5. The Morgan fingerprint density at radius 3 is 2.94 bits per heavy atom. The van der Waals surface area contributed by atoms with Gasteiger partial charge in [-0.25, -0.2) is 0 Å². The highest BCUT2D eigenvalue weighted by molar-refractivity contribution is 5.97. The second-order valence-corrected chi connectivity index (χ2v) is 3.99. The molecule has 4 nitrogen and oxygen atoms in total. The summed E-state index contributed by atoms with van der Waals surface area (Å²) in [5.41, 5.74) is 6.45. The van der Waals surface area contributed by atoms with Crippen molar-refractivity contribution < 1.29 is 13.9 Å². The highest BCUT2D eigenvalue weighted by Gasteiger charge is 2.15. The van der Waals surface area contributed by atoms with Gasteiger partial charge in [0.05, 0.1) is 6.61 Å². The van der Waals surface area contributed by atoms with Crippen molar-refractivity contribution in [2.24, 2.45) is 5.73 Å². The summed E-state index contributed by atoms with van der Waals surface area (Å²) in [7, 11) is 1.56. The van der Waals surface area contributed by atoms with Crippen LogP contribution >= 0.6 is 0 Å². The number of furan rings is 1. The maximum absolute atomic E-state index is 11.9. The van der Waals surface area contributed by atoms with E-state index in [4.69, 9.17) is 14.9 Å². The Labute approximate surface area is 99.3 Å². The van der Waals surface area contributed by atoms with Crippen LogP contribution in [0.15, 0.2) is 34.7 Å². The molecule has 2 N–H and O–H groups in total. The van der Waals surface area contributed by atoms with Crippen molar-refractivity contribution in [3.05, 3.63) is 36.1 Å². The number of nitrogens with two attached hydrogens (primary N) is 1. The lowest BCUT2D eigenvalue weighted by Crippen LogP contribution is -2.28. The molecule has 1 aromatic carbocycles. The lowest BCUT2D eigenvalue weighted by Gasteiger charge is -2.07. The number of ketones is 1. The quantitative estimate of drug-likeness (QED) is 0.802. The summed E-state index contributed by atoms with van der Waals surface area (Å²) in [5.74, 6) is 0.267. The number of hydrogen-bond donors (Lipinski definition) is 1. The number of Topliss-reactive ketones (excluding diaryl/α,β-unsaturated/α-hetero) is 1. The topological polar surface area (TPSA) is 65.5 Å². The Morgan fingerprint density at radius 2 is 2.24 bits per heavy atom. The first kappa shape index (κ1) is 11.8. The van der Waals surface area contributed by atoms with Gasteiger partial charge in [0.2, 0.25) is 0 Å². The molecule has 1 heterocycles. The van der Waals surface area contributed by atoms with E-state index in [-0.39, 0.29) is 18.2 Å². The largest absolute Gasteiger partial charge is 0.453 e. The van der Waals surface area contributed by atoms with Gasteiger partial charge in [-0.05, 0) is 12.1 Å². The van der Waals surface area contributed by atoms with E-state index in [1.165, 1.54) is 0 Å². The van der Waals surface area contributed by atoms with E-state index < -0.39 is 0 Å². The third-order valence-electron chi connectivity index (χ3n) is 2.53. The summed E-state index contributed by atoms with van der Waals surface area (Å²) in [6.45, 7) is 0.367. The molecule has 2 rings (SSSR count). The smallest absolute Gasteiger partial charge is 0.199 e. The fourth-order valence-corrected chi connectivity index (χ4v) is 1.73. The fraction of sp³-hybridized carbons (Fsp3) is 0.308. The van der Waals surface area contributed by atoms with E-state index in [1.54, 1.807) is 13.2 Å². The van der Waals surface area contributed by atoms with Crippen LogP contribution in [0.4, 0.5) is 0 Å². The van der Waals surface area contributed by atoms with Gasteiger partial charge >= 0.3 is 0 Å². The molecule has 0 fully saturated rings. The molecule has 0 aliphatic rings. The number of para-hydroxylation sites is 1. The first-order chi connectivity index (χ1) is 8.20. The lowest BCUT2D eigenvalue weighted by molar-refractivity contribution is 0.0924. The summed E-state index contributed by atoms with van der Waals surface area (Å²) in [6.07, 6.45) is 0.230. The summed E-state index contributed by atoms with van der Waals surface area (Å²) in [5, 5.41) is 0.927. The molecule has 1 atom stereocenters. The van der Waals surface area contributed by atoms with Gasteiger partial charge in [0.15, 0.2) is 11.5 Å². The highest BCUT2D eigenvalue weighted by atomic mass is 16.5. The number of benzene rings is 1. The SMILES string of the molecule is COCC(N)CC(=O)c1cc2ccccc2o1. The molecule has 0 radical (unpaired) electrons. The van der Waals surface area contributed by atoms with Crippen LogP contribution < -0.4 is 5.73 Å². The molecule has 1 unspecified atom stereocenters. The monoisotopic (exact) mass is 233 g/mol. The first-order valence-electron chi connectivity index (χ1n) is 5.47. The average Bonchev–Trinajstić information content (AvgIpc) is 2.72. The van der Waals surface area contributed by atoms with E-state index >= 15 is 0 Å². The molecule has 90 valence electrons. The number of methoxy groups -OCH3 is 1. The zero-order chi connectivity index (χ0) is 12.3. The molecule has 17 heavy (non-hydrogen) atoms. The Kier molecular flexibility index (Phi) is 3.56. The molecule has 4 heteroatoms. The van der Waals surface area contributed by atoms with Crippen LogP contribution in [0.3, 0.4) is 0 Å². The zero-order valence-corrected chi connectivity index (χ0v) is 9.68. The summed E-state index contributed by atoms with van der Waals surface area (Å²) in [4.78, 5) is 11.9. The minimum Gasteiger partial charge on any atom is -0.453 e. The van der Waals surface area contributed by atoms with Crippen molar-refractivity contribution in [3.63, 3.8) is 0 Å². The fourth-order valence-electron chi connectivity index (χ4n) is 1.73. The normalized spacial score (nSPS) is 12.8. The number of hydrogen-bond acceptors (Lipinski definition) is 4. The molecule has 0 spiro atoms. The van der Waals surface area contributed by atoms with E-state index in [0.29, 0.717) is 12.4 Å². The lowest BCUT2D eigenvalue weighted by atomic mass is 10.1. The molecule has 0 saturated heterocycles. The minimum absolute atomic E-state index is 0.0919. The number of fused-ring (bicyclic) bond motifs is 1. The molecule has 0 amide bonds. The van der Waals surface area contributed by atoms with Gasteiger partial charge in [0.25, 0.3) is 0 Å². The van der Waals surface area contributed by atoms with Crippen LogP contribution in [-0.4, -0.2) is 25.5 Å². The predicted octanol–water partition coefficient (Wildman–Crippen LogP) is 1.98. The van der Waals surface area contributed by atoms with Crippen LogP contribution in [0.1, 0.15) is 17.0 Å². The Balaban J connectivity index is 2.13. The summed E-state index contributed by atoms with van der Waals surface area (Å²) in [6, 6.07) is 8.98. The van der Waals surface area contributed by atoms with Crippen molar-refractivity contribution in [1.29, 1.82) is 0 Å². The van der Waals surface area contributed by atoms with Gasteiger partial charge in [-0.3, -0.25) is 4.79 Å². The van der Waals surface area contributed by atoms with Crippen molar-refractivity contribution in [3.8, 4) is 0 Å². The van der Waals surface area contributed by atoms with Crippen LogP contribution in [0, 0.1) is 0 Å². The molecule has 0 saturated carbocycles. The van der Waals surface area contributed by atoms with Gasteiger partial charge in [0, 0.05) is 25.0 Å². The number of carbonyl (C=O) groups excluding carboxylic acids is 1. The number of carbonyl (C=O) groups is 1. The Hall–Kier alpha value is -1.65. The molecule has 2 aromatic rings. The maximum Gasteiger partial charge on any atom is 0.199 e. The third-order valence-corrected chi connectivity index (χ3v) is 2.53. The van der Waals surface area contributed by atoms with Gasteiger partial charge in [-0.2, -0.15) is 0 Å². The minimum atomic E-state index is -0.291. The Bertz CT molecular complexity index is 485. The van der Waals surface area contributed by atoms with Gasteiger partial charge in [-0.15, -0.1) is 0 Å². The number of ether oxygens (including phenoxy) is 1. The van der Waals surface area contributed by atoms with Crippen LogP contribution in [0.2, 0.25) is 0 Å².